The first-order chi connectivity index (χ1) is 9.63. The lowest BCUT2D eigenvalue weighted by Crippen LogP contribution is -2.30. The van der Waals surface area contributed by atoms with Crippen LogP contribution in [-0.2, 0) is 0 Å². The largest absolute Gasteiger partial charge is 0.466 e. The van der Waals surface area contributed by atoms with E-state index in [0.29, 0.717) is 11.8 Å². The molecule has 0 radical (unpaired) electrons. The van der Waals surface area contributed by atoms with Crippen LogP contribution in [0.5, 0.6) is 0 Å². The Morgan fingerprint density at radius 1 is 1.15 bits per heavy atom. The molecule has 0 bridgehead atoms. The van der Waals surface area contributed by atoms with Crippen LogP contribution < -0.4 is 11.3 Å². The van der Waals surface area contributed by atoms with Gasteiger partial charge in [0, 0.05) is 5.56 Å². The summed E-state index contributed by atoms with van der Waals surface area (Å²) in [5.74, 6) is 8.98. The standard InChI is InChI=1S/C17H22N2O/c1-10-11(2)20-12(3)16(10)17(19-18)15-9-14(15)13-7-5-4-6-8-13/h4-8,14-15,17,19H,9,18H2,1-3H3. The third-order valence-corrected chi connectivity index (χ3v) is 4.60. The van der Waals surface area contributed by atoms with Crippen LogP contribution in [0.3, 0.4) is 0 Å². The summed E-state index contributed by atoms with van der Waals surface area (Å²) in [7, 11) is 0. The van der Waals surface area contributed by atoms with E-state index in [1.54, 1.807) is 0 Å². The Bertz CT molecular complexity index is 603. The van der Waals surface area contributed by atoms with E-state index < -0.39 is 0 Å². The molecule has 1 aromatic carbocycles. The maximum Gasteiger partial charge on any atom is 0.106 e. The molecule has 3 atom stereocenters. The van der Waals surface area contributed by atoms with Crippen LogP contribution in [-0.4, -0.2) is 0 Å². The molecule has 3 nitrogen and oxygen atoms in total. The topological polar surface area (TPSA) is 51.2 Å². The van der Waals surface area contributed by atoms with E-state index >= 15 is 0 Å². The first-order valence-electron chi connectivity index (χ1n) is 7.21. The number of aryl methyl sites for hydroxylation is 2. The van der Waals surface area contributed by atoms with Gasteiger partial charge < -0.3 is 4.42 Å². The van der Waals surface area contributed by atoms with E-state index in [2.05, 4.69) is 42.7 Å². The quantitative estimate of drug-likeness (QED) is 0.660. The van der Waals surface area contributed by atoms with Crippen LogP contribution in [0.4, 0.5) is 0 Å². The van der Waals surface area contributed by atoms with Gasteiger partial charge in [-0.05, 0) is 50.2 Å². The van der Waals surface area contributed by atoms with Crippen molar-refractivity contribution < 1.29 is 4.42 Å². The predicted octanol–water partition coefficient (Wildman–Crippen LogP) is 3.51. The molecule has 1 aromatic heterocycles. The number of nitrogens with one attached hydrogen (secondary N) is 1. The van der Waals surface area contributed by atoms with Gasteiger partial charge in [0.2, 0.25) is 0 Å². The molecule has 0 aliphatic heterocycles. The van der Waals surface area contributed by atoms with Crippen molar-refractivity contribution >= 4 is 0 Å². The van der Waals surface area contributed by atoms with Crippen LogP contribution in [0.15, 0.2) is 34.7 Å². The van der Waals surface area contributed by atoms with Gasteiger partial charge in [0.25, 0.3) is 0 Å². The molecule has 106 valence electrons. The second-order valence-electron chi connectivity index (χ2n) is 5.81. The summed E-state index contributed by atoms with van der Waals surface area (Å²) in [4.78, 5) is 0. The molecule has 1 aliphatic carbocycles. The van der Waals surface area contributed by atoms with Crippen LogP contribution in [0.1, 0.15) is 46.6 Å². The van der Waals surface area contributed by atoms with Gasteiger partial charge in [0.15, 0.2) is 0 Å². The van der Waals surface area contributed by atoms with Gasteiger partial charge in [0.1, 0.15) is 11.5 Å². The van der Waals surface area contributed by atoms with Crippen LogP contribution >= 0.6 is 0 Å². The van der Waals surface area contributed by atoms with Crippen molar-refractivity contribution in [3.8, 4) is 0 Å². The number of furan rings is 1. The Balaban J connectivity index is 1.86. The van der Waals surface area contributed by atoms with Gasteiger partial charge >= 0.3 is 0 Å². The lowest BCUT2D eigenvalue weighted by Gasteiger charge is -2.17. The fraction of sp³-hybridized carbons (Fsp3) is 0.412. The van der Waals surface area contributed by atoms with E-state index in [4.69, 9.17) is 10.3 Å². The zero-order valence-corrected chi connectivity index (χ0v) is 12.3. The van der Waals surface area contributed by atoms with Crippen molar-refractivity contribution in [2.75, 3.05) is 0 Å². The molecule has 1 aliphatic rings. The molecule has 1 heterocycles. The molecule has 0 spiro atoms. The highest BCUT2D eigenvalue weighted by molar-refractivity contribution is 5.38. The minimum atomic E-state index is 0.178. The van der Waals surface area contributed by atoms with Gasteiger partial charge in [-0.1, -0.05) is 30.3 Å². The Labute approximate surface area is 120 Å². The van der Waals surface area contributed by atoms with Crippen LogP contribution in [0.25, 0.3) is 0 Å². The molecular weight excluding hydrogens is 248 g/mol. The lowest BCUT2D eigenvalue weighted by molar-refractivity contribution is 0.459. The highest BCUT2D eigenvalue weighted by Crippen LogP contribution is 2.54. The van der Waals surface area contributed by atoms with Gasteiger partial charge in [-0.25, -0.2) is 0 Å². The van der Waals surface area contributed by atoms with E-state index in [1.165, 1.54) is 23.1 Å². The summed E-state index contributed by atoms with van der Waals surface area (Å²) in [5.41, 5.74) is 6.90. The van der Waals surface area contributed by atoms with E-state index in [1.807, 2.05) is 13.8 Å². The fourth-order valence-electron chi connectivity index (χ4n) is 3.35. The molecule has 3 heteroatoms. The second kappa shape index (κ2) is 5.08. The number of benzene rings is 1. The molecule has 0 amide bonds. The summed E-state index contributed by atoms with van der Waals surface area (Å²) in [5, 5.41) is 0. The molecular formula is C17H22N2O. The zero-order valence-electron chi connectivity index (χ0n) is 12.3. The predicted molar refractivity (Wildman–Crippen MR) is 80.3 cm³/mol. The first-order valence-corrected chi connectivity index (χ1v) is 7.21. The number of hydrazine groups is 1. The minimum Gasteiger partial charge on any atom is -0.466 e. The summed E-state index contributed by atoms with van der Waals surface area (Å²) >= 11 is 0. The summed E-state index contributed by atoms with van der Waals surface area (Å²) in [6.45, 7) is 6.16. The van der Waals surface area contributed by atoms with Gasteiger partial charge in [-0.2, -0.15) is 0 Å². The average molecular weight is 270 g/mol. The van der Waals surface area contributed by atoms with Crippen molar-refractivity contribution in [3.63, 3.8) is 0 Å². The Hall–Kier alpha value is -1.58. The van der Waals surface area contributed by atoms with E-state index in [0.717, 1.165) is 11.5 Å². The van der Waals surface area contributed by atoms with E-state index in [9.17, 15) is 0 Å². The first kappa shape index (κ1) is 13.4. The van der Waals surface area contributed by atoms with Crippen molar-refractivity contribution in [2.24, 2.45) is 11.8 Å². The number of hydrogen-bond acceptors (Lipinski definition) is 3. The normalized spacial score (nSPS) is 22.8. The zero-order chi connectivity index (χ0) is 14.3. The van der Waals surface area contributed by atoms with Gasteiger partial charge in [-0.3, -0.25) is 11.3 Å². The number of nitrogens with two attached hydrogens (primary N) is 1. The SMILES string of the molecule is Cc1oc(C)c(C(NN)C2CC2c2ccccc2)c1C. The lowest BCUT2D eigenvalue weighted by atomic mass is 9.96. The third kappa shape index (κ3) is 2.17. The average Bonchev–Trinajstić information content (AvgIpc) is 3.20. The molecule has 1 fully saturated rings. The molecule has 0 saturated heterocycles. The summed E-state index contributed by atoms with van der Waals surface area (Å²) < 4.78 is 5.75. The van der Waals surface area contributed by atoms with Crippen molar-refractivity contribution in [1.29, 1.82) is 0 Å². The maximum atomic E-state index is 5.84. The molecule has 3 rings (SSSR count). The molecule has 2 aromatic rings. The molecule has 20 heavy (non-hydrogen) atoms. The molecule has 1 saturated carbocycles. The minimum absolute atomic E-state index is 0.178. The van der Waals surface area contributed by atoms with Gasteiger partial charge in [0.05, 0.1) is 6.04 Å². The van der Waals surface area contributed by atoms with E-state index in [-0.39, 0.29) is 6.04 Å². The monoisotopic (exact) mass is 270 g/mol. The summed E-state index contributed by atoms with van der Waals surface area (Å²) in [6.07, 6.45) is 1.18. The molecule has 3 unspecified atom stereocenters. The van der Waals surface area contributed by atoms with Crippen LogP contribution in [0.2, 0.25) is 0 Å². The fourth-order valence-corrected chi connectivity index (χ4v) is 3.35. The van der Waals surface area contributed by atoms with Gasteiger partial charge in [-0.15, -0.1) is 0 Å². The Kier molecular flexibility index (Phi) is 3.40. The number of rotatable bonds is 4. The smallest absolute Gasteiger partial charge is 0.106 e. The maximum absolute atomic E-state index is 5.84. The van der Waals surface area contributed by atoms with Crippen molar-refractivity contribution in [3.05, 3.63) is 58.5 Å². The van der Waals surface area contributed by atoms with Crippen LogP contribution in [0, 0.1) is 26.7 Å². The summed E-state index contributed by atoms with van der Waals surface area (Å²) in [6, 6.07) is 10.9. The highest BCUT2D eigenvalue weighted by atomic mass is 16.3. The number of hydrogen-bond donors (Lipinski definition) is 2. The van der Waals surface area contributed by atoms with Crippen molar-refractivity contribution in [2.45, 2.75) is 39.2 Å². The Morgan fingerprint density at radius 3 is 2.40 bits per heavy atom. The highest BCUT2D eigenvalue weighted by Gasteiger charge is 2.45. The molecule has 3 N–H and O–H groups in total. The van der Waals surface area contributed by atoms with Crippen molar-refractivity contribution in [1.82, 2.24) is 5.43 Å². The third-order valence-electron chi connectivity index (χ3n) is 4.60. The second-order valence-corrected chi connectivity index (χ2v) is 5.81. The Morgan fingerprint density at radius 2 is 1.85 bits per heavy atom.